The molecule has 20 heavy (non-hydrogen) atoms. The van der Waals surface area contributed by atoms with Gasteiger partial charge in [0.15, 0.2) is 0 Å². The highest BCUT2D eigenvalue weighted by Gasteiger charge is 2.06. The van der Waals surface area contributed by atoms with Crippen LogP contribution in [0.4, 0.5) is 0 Å². The fourth-order valence-electron chi connectivity index (χ4n) is 1.86. The van der Waals surface area contributed by atoms with Crippen LogP contribution in [-0.4, -0.2) is 38.6 Å². The lowest BCUT2D eigenvalue weighted by Gasteiger charge is -2.17. The van der Waals surface area contributed by atoms with Crippen LogP contribution in [0.5, 0.6) is 0 Å². The Morgan fingerprint density at radius 1 is 0.900 bits per heavy atom. The molecule has 3 nitrogen and oxygen atoms in total. The summed E-state index contributed by atoms with van der Waals surface area (Å²) >= 11 is 0. The first-order valence-corrected chi connectivity index (χ1v) is 8.12. The van der Waals surface area contributed by atoms with Gasteiger partial charge in [-0.25, -0.2) is 0 Å². The molecule has 0 N–H and O–H groups in total. The zero-order valence-corrected chi connectivity index (χ0v) is 13.7. The highest BCUT2D eigenvalue weighted by atomic mass is 16.6. The van der Waals surface area contributed by atoms with Gasteiger partial charge in [-0.15, -0.1) is 6.58 Å². The molecule has 2 atom stereocenters. The summed E-state index contributed by atoms with van der Waals surface area (Å²) in [4.78, 5) is 0. The van der Waals surface area contributed by atoms with Gasteiger partial charge >= 0.3 is 0 Å². The van der Waals surface area contributed by atoms with Crippen molar-refractivity contribution in [1.82, 2.24) is 0 Å². The molecule has 120 valence electrons. The van der Waals surface area contributed by atoms with Gasteiger partial charge in [0.05, 0.1) is 32.0 Å². The Kier molecular flexibility index (Phi) is 14.7. The summed E-state index contributed by atoms with van der Waals surface area (Å²) in [5, 5.41) is 0. The SMILES string of the molecule is C=CCOC(C)COC(C)COCCCCCCCC. The van der Waals surface area contributed by atoms with E-state index in [1.807, 2.05) is 13.8 Å². The van der Waals surface area contributed by atoms with E-state index in [0.29, 0.717) is 19.8 Å². The van der Waals surface area contributed by atoms with Gasteiger partial charge in [-0.05, 0) is 20.3 Å². The lowest BCUT2D eigenvalue weighted by molar-refractivity contribution is -0.0524. The van der Waals surface area contributed by atoms with Gasteiger partial charge in [0.25, 0.3) is 0 Å². The molecular formula is C17H34O3. The fourth-order valence-corrected chi connectivity index (χ4v) is 1.86. The second kappa shape index (κ2) is 15.0. The van der Waals surface area contributed by atoms with Gasteiger partial charge in [-0.3, -0.25) is 0 Å². The monoisotopic (exact) mass is 286 g/mol. The molecule has 0 aliphatic rings. The Balaban J connectivity index is 3.27. The highest BCUT2D eigenvalue weighted by Crippen LogP contribution is 2.05. The van der Waals surface area contributed by atoms with Crippen LogP contribution in [0.3, 0.4) is 0 Å². The number of unbranched alkanes of at least 4 members (excludes halogenated alkanes) is 5. The zero-order chi connectivity index (χ0) is 15.1. The van der Waals surface area contributed by atoms with Gasteiger partial charge in [0, 0.05) is 6.61 Å². The van der Waals surface area contributed by atoms with Crippen molar-refractivity contribution in [2.24, 2.45) is 0 Å². The van der Waals surface area contributed by atoms with E-state index in [-0.39, 0.29) is 12.2 Å². The number of rotatable bonds is 15. The van der Waals surface area contributed by atoms with Gasteiger partial charge in [-0.2, -0.15) is 0 Å². The molecule has 0 spiro atoms. The fraction of sp³-hybridized carbons (Fsp3) is 0.882. The minimum absolute atomic E-state index is 0.106. The molecule has 0 aromatic carbocycles. The van der Waals surface area contributed by atoms with E-state index in [4.69, 9.17) is 14.2 Å². The summed E-state index contributed by atoms with van der Waals surface area (Å²) < 4.78 is 16.8. The molecule has 0 radical (unpaired) electrons. The molecule has 0 bridgehead atoms. The van der Waals surface area contributed by atoms with Crippen molar-refractivity contribution in [3.05, 3.63) is 12.7 Å². The molecule has 0 amide bonds. The predicted molar refractivity (Wildman–Crippen MR) is 85.2 cm³/mol. The van der Waals surface area contributed by atoms with Crippen LogP contribution in [0, 0.1) is 0 Å². The number of ether oxygens (including phenoxy) is 3. The van der Waals surface area contributed by atoms with Crippen molar-refractivity contribution < 1.29 is 14.2 Å². The van der Waals surface area contributed by atoms with Crippen LogP contribution in [0.2, 0.25) is 0 Å². The Bertz CT molecular complexity index is 206. The van der Waals surface area contributed by atoms with Crippen LogP contribution in [0.1, 0.15) is 59.3 Å². The molecular weight excluding hydrogens is 252 g/mol. The van der Waals surface area contributed by atoms with Gasteiger partial charge < -0.3 is 14.2 Å². The third-order valence-electron chi connectivity index (χ3n) is 3.11. The Morgan fingerprint density at radius 3 is 2.25 bits per heavy atom. The van der Waals surface area contributed by atoms with E-state index < -0.39 is 0 Å². The first-order valence-electron chi connectivity index (χ1n) is 8.12. The quantitative estimate of drug-likeness (QED) is 0.331. The van der Waals surface area contributed by atoms with Crippen LogP contribution in [0.25, 0.3) is 0 Å². The van der Waals surface area contributed by atoms with E-state index >= 15 is 0 Å². The normalized spacial score (nSPS) is 14.2. The Labute approximate surface area is 125 Å². The van der Waals surface area contributed by atoms with Crippen molar-refractivity contribution >= 4 is 0 Å². The van der Waals surface area contributed by atoms with Crippen LogP contribution in [-0.2, 0) is 14.2 Å². The summed E-state index contributed by atoms with van der Waals surface area (Å²) in [7, 11) is 0. The molecule has 0 rings (SSSR count). The first kappa shape index (κ1) is 19.6. The smallest absolute Gasteiger partial charge is 0.0784 e. The first-order chi connectivity index (χ1) is 9.70. The largest absolute Gasteiger partial charge is 0.379 e. The molecule has 3 heteroatoms. The lowest BCUT2D eigenvalue weighted by Crippen LogP contribution is -2.23. The maximum atomic E-state index is 5.68. The van der Waals surface area contributed by atoms with Gasteiger partial charge in [-0.1, -0.05) is 45.1 Å². The predicted octanol–water partition coefficient (Wildman–Crippen LogP) is 4.36. The zero-order valence-electron chi connectivity index (χ0n) is 13.7. The third kappa shape index (κ3) is 14.0. The van der Waals surface area contributed by atoms with Crippen molar-refractivity contribution in [2.75, 3.05) is 26.4 Å². The number of hydrogen-bond acceptors (Lipinski definition) is 3. The van der Waals surface area contributed by atoms with Crippen molar-refractivity contribution in [1.29, 1.82) is 0 Å². The average molecular weight is 286 g/mol. The van der Waals surface area contributed by atoms with Crippen LogP contribution in [0.15, 0.2) is 12.7 Å². The number of hydrogen-bond donors (Lipinski definition) is 0. The van der Waals surface area contributed by atoms with E-state index in [9.17, 15) is 0 Å². The summed E-state index contributed by atoms with van der Waals surface area (Å²) in [6, 6.07) is 0. The standard InChI is InChI=1S/C17H34O3/c1-5-7-8-9-10-11-13-18-14-16(3)20-15-17(4)19-12-6-2/h6,16-17H,2,5,7-15H2,1,3-4H3. The summed E-state index contributed by atoms with van der Waals surface area (Å²) in [5.74, 6) is 0. The van der Waals surface area contributed by atoms with E-state index in [0.717, 1.165) is 13.0 Å². The molecule has 0 aromatic heterocycles. The third-order valence-corrected chi connectivity index (χ3v) is 3.11. The van der Waals surface area contributed by atoms with Crippen molar-refractivity contribution in [3.63, 3.8) is 0 Å². The maximum Gasteiger partial charge on any atom is 0.0784 e. The summed E-state index contributed by atoms with van der Waals surface area (Å²) in [6.45, 7) is 12.6. The van der Waals surface area contributed by atoms with Crippen molar-refractivity contribution in [3.8, 4) is 0 Å². The minimum atomic E-state index is 0.106. The topological polar surface area (TPSA) is 27.7 Å². The van der Waals surface area contributed by atoms with Gasteiger partial charge in [0.2, 0.25) is 0 Å². The minimum Gasteiger partial charge on any atom is -0.379 e. The van der Waals surface area contributed by atoms with E-state index in [2.05, 4.69) is 13.5 Å². The summed E-state index contributed by atoms with van der Waals surface area (Å²) in [6.07, 6.45) is 9.79. The molecule has 2 unspecified atom stereocenters. The molecule has 0 heterocycles. The lowest BCUT2D eigenvalue weighted by atomic mass is 10.1. The molecule has 0 fully saturated rings. The Morgan fingerprint density at radius 2 is 1.55 bits per heavy atom. The van der Waals surface area contributed by atoms with E-state index in [1.54, 1.807) is 6.08 Å². The van der Waals surface area contributed by atoms with E-state index in [1.165, 1.54) is 32.1 Å². The second-order valence-electron chi connectivity index (χ2n) is 5.42. The van der Waals surface area contributed by atoms with Crippen LogP contribution >= 0.6 is 0 Å². The Hall–Kier alpha value is -0.380. The second-order valence-corrected chi connectivity index (χ2v) is 5.42. The summed E-state index contributed by atoms with van der Waals surface area (Å²) in [5.41, 5.74) is 0. The maximum absolute atomic E-state index is 5.68. The molecule has 0 aliphatic carbocycles. The average Bonchev–Trinajstić information content (AvgIpc) is 2.45. The molecule has 0 aliphatic heterocycles. The van der Waals surface area contributed by atoms with Gasteiger partial charge in [0.1, 0.15) is 0 Å². The molecule has 0 saturated heterocycles. The molecule has 0 saturated carbocycles. The molecule has 0 aromatic rings. The highest BCUT2D eigenvalue weighted by molar-refractivity contribution is 4.65. The van der Waals surface area contributed by atoms with Crippen molar-refractivity contribution in [2.45, 2.75) is 71.5 Å². The van der Waals surface area contributed by atoms with Crippen LogP contribution < -0.4 is 0 Å².